The molecule has 0 bridgehead atoms. The number of hydrogen-bond donors (Lipinski definition) is 0. The third-order valence-corrected chi connectivity index (χ3v) is 6.41. The molecule has 13 heteroatoms. The number of carbonyl (C=O) groups excluding carboxylic acids is 1. The van der Waals surface area contributed by atoms with E-state index in [-0.39, 0.29) is 18.6 Å². The summed E-state index contributed by atoms with van der Waals surface area (Å²) in [6, 6.07) is 2.71. The van der Waals surface area contributed by atoms with Crippen LogP contribution in [0.15, 0.2) is 30.9 Å². The zero-order valence-corrected chi connectivity index (χ0v) is 19.7. The monoisotopic (exact) mass is 503 g/mol. The standard InChI is InChI=1S/C23H24F3N7O3/c1-31-19(3-6-30-31)22(34)33-7-4-15(11-33)36-20-16-12-32(8-5-18(16)28-13-29-20)14-9-17(23(24,25)26)21(35-2)27-10-14/h3,6,9-10,13,15H,4-5,7-8,11-12H2,1-2H3. The summed E-state index contributed by atoms with van der Waals surface area (Å²) in [5, 5.41) is 4.05. The van der Waals surface area contributed by atoms with E-state index in [1.807, 2.05) is 0 Å². The largest absolute Gasteiger partial charge is 0.481 e. The first kappa shape index (κ1) is 23.8. The van der Waals surface area contributed by atoms with Crippen molar-refractivity contribution in [3.63, 3.8) is 0 Å². The Balaban J connectivity index is 1.33. The zero-order chi connectivity index (χ0) is 25.4. The van der Waals surface area contributed by atoms with Gasteiger partial charge in [0.05, 0.1) is 43.3 Å². The maximum Gasteiger partial charge on any atom is 0.421 e. The second-order valence-electron chi connectivity index (χ2n) is 8.64. The van der Waals surface area contributed by atoms with Gasteiger partial charge in [0.2, 0.25) is 11.8 Å². The lowest BCUT2D eigenvalue weighted by Crippen LogP contribution is -2.34. The topological polar surface area (TPSA) is 98.5 Å². The molecule has 5 rings (SSSR count). The van der Waals surface area contributed by atoms with E-state index in [9.17, 15) is 18.0 Å². The van der Waals surface area contributed by atoms with Gasteiger partial charge >= 0.3 is 6.18 Å². The van der Waals surface area contributed by atoms with Gasteiger partial charge in [-0.05, 0) is 12.1 Å². The first-order valence-electron chi connectivity index (χ1n) is 11.4. The summed E-state index contributed by atoms with van der Waals surface area (Å²) >= 11 is 0. The van der Waals surface area contributed by atoms with Gasteiger partial charge < -0.3 is 19.3 Å². The minimum absolute atomic E-state index is 0.121. The van der Waals surface area contributed by atoms with Crippen LogP contribution in [0.4, 0.5) is 18.9 Å². The van der Waals surface area contributed by atoms with Crippen LogP contribution >= 0.6 is 0 Å². The Kier molecular flexibility index (Phi) is 6.14. The van der Waals surface area contributed by atoms with Gasteiger partial charge in [-0.15, -0.1) is 0 Å². The molecule has 1 unspecified atom stereocenters. The van der Waals surface area contributed by atoms with Crippen LogP contribution in [0.1, 0.15) is 33.7 Å². The molecule has 5 heterocycles. The highest BCUT2D eigenvalue weighted by atomic mass is 19.4. The van der Waals surface area contributed by atoms with E-state index in [1.165, 1.54) is 17.2 Å². The Labute approximate surface area is 204 Å². The molecule has 0 spiro atoms. The van der Waals surface area contributed by atoms with Crippen molar-refractivity contribution in [3.8, 4) is 11.8 Å². The van der Waals surface area contributed by atoms with Crippen molar-refractivity contribution in [2.75, 3.05) is 31.6 Å². The Morgan fingerprint density at radius 1 is 1.17 bits per heavy atom. The van der Waals surface area contributed by atoms with Gasteiger partial charge in [0.1, 0.15) is 23.7 Å². The number of amides is 1. The number of rotatable bonds is 5. The number of likely N-dealkylation sites (tertiary alicyclic amines) is 1. The molecule has 3 aromatic rings. The predicted octanol–water partition coefficient (Wildman–Crippen LogP) is 2.49. The second-order valence-corrected chi connectivity index (χ2v) is 8.64. The molecule has 2 aliphatic heterocycles. The molecule has 0 aromatic carbocycles. The maximum absolute atomic E-state index is 13.5. The molecule has 1 atom stereocenters. The van der Waals surface area contributed by atoms with Crippen molar-refractivity contribution < 1.29 is 27.4 Å². The molecule has 1 fully saturated rings. The van der Waals surface area contributed by atoms with E-state index in [2.05, 4.69) is 20.1 Å². The lowest BCUT2D eigenvalue weighted by molar-refractivity contribution is -0.139. The van der Waals surface area contributed by atoms with Crippen LogP contribution in [0.5, 0.6) is 11.8 Å². The lowest BCUT2D eigenvalue weighted by Gasteiger charge is -2.31. The van der Waals surface area contributed by atoms with E-state index in [1.54, 1.807) is 29.1 Å². The molecule has 0 radical (unpaired) electrons. The van der Waals surface area contributed by atoms with Gasteiger partial charge in [0.15, 0.2) is 0 Å². The van der Waals surface area contributed by atoms with Gasteiger partial charge in [0.25, 0.3) is 5.91 Å². The minimum Gasteiger partial charge on any atom is -0.481 e. The molecule has 36 heavy (non-hydrogen) atoms. The van der Waals surface area contributed by atoms with E-state index in [0.717, 1.165) is 18.9 Å². The van der Waals surface area contributed by atoms with E-state index >= 15 is 0 Å². The van der Waals surface area contributed by atoms with Gasteiger partial charge in [-0.3, -0.25) is 9.48 Å². The average Bonchev–Trinajstić information content (AvgIpc) is 3.51. The normalized spacial score (nSPS) is 17.8. The smallest absolute Gasteiger partial charge is 0.421 e. The van der Waals surface area contributed by atoms with E-state index in [0.29, 0.717) is 55.3 Å². The summed E-state index contributed by atoms with van der Waals surface area (Å²) in [7, 11) is 2.87. The summed E-state index contributed by atoms with van der Waals surface area (Å²) in [5.41, 5.74) is 1.38. The third-order valence-electron chi connectivity index (χ3n) is 6.41. The maximum atomic E-state index is 13.5. The summed E-state index contributed by atoms with van der Waals surface area (Å²) in [6.45, 7) is 1.65. The number of nitrogens with zero attached hydrogens (tertiary/aromatic N) is 7. The van der Waals surface area contributed by atoms with Crippen LogP contribution in [-0.4, -0.2) is 68.4 Å². The van der Waals surface area contributed by atoms with Crippen LogP contribution in [0.25, 0.3) is 0 Å². The highest BCUT2D eigenvalue weighted by Gasteiger charge is 2.37. The molecule has 0 saturated carbocycles. The highest BCUT2D eigenvalue weighted by molar-refractivity contribution is 5.92. The second kappa shape index (κ2) is 9.28. The number of pyridine rings is 1. The highest BCUT2D eigenvalue weighted by Crippen LogP contribution is 2.38. The van der Waals surface area contributed by atoms with Crippen molar-refractivity contribution in [3.05, 3.63) is 53.4 Å². The summed E-state index contributed by atoms with van der Waals surface area (Å²) in [4.78, 5) is 28.8. The molecular formula is C23H24F3N7O3. The predicted molar refractivity (Wildman–Crippen MR) is 121 cm³/mol. The molecule has 0 aliphatic carbocycles. The molecular weight excluding hydrogens is 479 g/mol. The lowest BCUT2D eigenvalue weighted by atomic mass is 10.1. The number of halogens is 3. The first-order valence-corrected chi connectivity index (χ1v) is 11.4. The van der Waals surface area contributed by atoms with Crippen molar-refractivity contribution in [2.45, 2.75) is 31.7 Å². The number of ether oxygens (including phenoxy) is 2. The molecule has 190 valence electrons. The Morgan fingerprint density at radius 3 is 2.72 bits per heavy atom. The number of carbonyl (C=O) groups is 1. The molecule has 3 aromatic heterocycles. The SMILES string of the molecule is COc1ncc(N2CCc3ncnc(OC4CCN(C(=O)c5ccnn5C)C4)c3C2)cc1C(F)(F)F. The average molecular weight is 503 g/mol. The number of methoxy groups -OCH3 is 1. The number of alkyl halides is 3. The number of aromatic nitrogens is 5. The minimum atomic E-state index is -4.60. The fourth-order valence-corrected chi connectivity index (χ4v) is 4.53. The van der Waals surface area contributed by atoms with Crippen LogP contribution < -0.4 is 14.4 Å². The quantitative estimate of drug-likeness (QED) is 0.524. The van der Waals surface area contributed by atoms with Gasteiger partial charge in [-0.25, -0.2) is 15.0 Å². The number of hydrogen-bond acceptors (Lipinski definition) is 8. The van der Waals surface area contributed by atoms with Gasteiger partial charge in [-0.1, -0.05) is 0 Å². The van der Waals surface area contributed by atoms with Crippen molar-refractivity contribution in [1.29, 1.82) is 0 Å². The number of fused-ring (bicyclic) bond motifs is 1. The Hall–Kier alpha value is -3.90. The summed E-state index contributed by atoms with van der Waals surface area (Å²) in [6.07, 6.45) is 0.639. The molecule has 0 N–H and O–H groups in total. The van der Waals surface area contributed by atoms with Gasteiger partial charge in [0, 0.05) is 39.2 Å². The molecule has 2 aliphatic rings. The molecule has 1 amide bonds. The Morgan fingerprint density at radius 2 is 2.00 bits per heavy atom. The first-order chi connectivity index (χ1) is 17.2. The van der Waals surface area contributed by atoms with Crippen LogP contribution in [0.3, 0.4) is 0 Å². The summed E-state index contributed by atoms with van der Waals surface area (Å²) < 4.78 is 53.0. The third kappa shape index (κ3) is 4.52. The van der Waals surface area contributed by atoms with Crippen LogP contribution in [-0.2, 0) is 26.2 Å². The Bertz CT molecular complexity index is 1280. The van der Waals surface area contributed by atoms with Gasteiger partial charge in [-0.2, -0.15) is 18.3 Å². The van der Waals surface area contributed by atoms with Crippen molar-refractivity contribution in [2.24, 2.45) is 7.05 Å². The fraction of sp³-hybridized carbons (Fsp3) is 0.435. The van der Waals surface area contributed by atoms with Crippen molar-refractivity contribution in [1.82, 2.24) is 29.6 Å². The number of aryl methyl sites for hydroxylation is 1. The van der Waals surface area contributed by atoms with Crippen LogP contribution in [0.2, 0.25) is 0 Å². The van der Waals surface area contributed by atoms with Crippen LogP contribution in [0, 0.1) is 0 Å². The summed E-state index contributed by atoms with van der Waals surface area (Å²) in [5.74, 6) is -0.214. The fourth-order valence-electron chi connectivity index (χ4n) is 4.53. The number of anilines is 1. The molecule has 1 saturated heterocycles. The van der Waals surface area contributed by atoms with Crippen molar-refractivity contribution >= 4 is 11.6 Å². The zero-order valence-electron chi connectivity index (χ0n) is 19.7. The molecule has 10 nitrogen and oxygen atoms in total. The van der Waals surface area contributed by atoms with E-state index < -0.39 is 17.6 Å². The van der Waals surface area contributed by atoms with E-state index in [4.69, 9.17) is 9.47 Å².